The molecule has 0 spiro atoms. The molecule has 0 saturated heterocycles. The topological polar surface area (TPSA) is 104 Å². The largest absolute Gasteiger partial charge is 0.497 e. The number of methoxy groups -OCH3 is 4. The highest BCUT2D eigenvalue weighted by Gasteiger charge is 2.35. The van der Waals surface area contributed by atoms with Gasteiger partial charge in [-0.2, -0.15) is 10.5 Å². The molecule has 10 nitrogen and oxygen atoms in total. The molecule has 0 bridgehead atoms. The molecule has 0 aliphatic heterocycles. The van der Waals surface area contributed by atoms with E-state index in [-0.39, 0.29) is 11.1 Å². The monoisotopic (exact) mass is 908 g/mol. The molecule has 0 saturated carbocycles. The Hall–Kier alpha value is -9.64. The Kier molecular flexibility index (Phi) is 8.97. The van der Waals surface area contributed by atoms with Crippen LogP contribution in [0.1, 0.15) is 11.1 Å². The van der Waals surface area contributed by atoms with Gasteiger partial charge in [0, 0.05) is 43.1 Å². The number of benzene rings is 9. The molecule has 70 heavy (non-hydrogen) atoms. The zero-order valence-corrected chi connectivity index (χ0v) is 38.5. The van der Waals surface area contributed by atoms with E-state index in [0.717, 1.165) is 87.2 Å². The lowest BCUT2D eigenvalue weighted by molar-refractivity contribution is 0.415. The van der Waals surface area contributed by atoms with Gasteiger partial charge in [0.2, 0.25) is 0 Å². The summed E-state index contributed by atoms with van der Waals surface area (Å²) in [6.07, 6.45) is 0. The maximum atomic E-state index is 12.1. The Bertz CT molecular complexity index is 4170. The van der Waals surface area contributed by atoms with E-state index in [2.05, 4.69) is 103 Å². The third-order valence-electron chi connectivity index (χ3n) is 14.0. The number of hydrogen-bond donors (Lipinski definition) is 0. The molecule has 10 heteroatoms. The second kappa shape index (κ2) is 15.5. The molecule has 0 N–H and O–H groups in total. The first kappa shape index (κ1) is 40.6. The first-order chi connectivity index (χ1) is 34.5. The van der Waals surface area contributed by atoms with Gasteiger partial charge in [0.15, 0.2) is 0 Å². The van der Waals surface area contributed by atoms with Crippen molar-refractivity contribution in [1.82, 2.24) is 18.3 Å². The molecule has 0 fully saturated rings. The van der Waals surface area contributed by atoms with Crippen molar-refractivity contribution < 1.29 is 18.9 Å². The molecular weight excluding hydrogens is 869 g/mol. The van der Waals surface area contributed by atoms with Gasteiger partial charge < -0.3 is 37.2 Å². The lowest BCUT2D eigenvalue weighted by atomic mass is 9.98. The van der Waals surface area contributed by atoms with E-state index in [9.17, 15) is 10.5 Å². The zero-order chi connectivity index (χ0) is 47.4. The van der Waals surface area contributed by atoms with Crippen molar-refractivity contribution in [2.45, 2.75) is 0 Å². The average Bonchev–Trinajstić information content (AvgIpc) is 4.13. The smallest absolute Gasteiger partial charge is 0.119 e. The molecule has 0 radical (unpaired) electrons. The summed E-state index contributed by atoms with van der Waals surface area (Å²) < 4.78 is 32.3. The van der Waals surface area contributed by atoms with Crippen LogP contribution in [0.15, 0.2) is 170 Å². The molecule has 0 aliphatic carbocycles. The minimum absolute atomic E-state index is 0.205. The molecule has 13 rings (SSSR count). The maximum Gasteiger partial charge on any atom is 0.119 e. The Morgan fingerprint density at radius 2 is 0.514 bits per heavy atom. The quantitative estimate of drug-likeness (QED) is 0.150. The van der Waals surface area contributed by atoms with E-state index in [1.807, 2.05) is 97.1 Å². The Morgan fingerprint density at radius 1 is 0.286 bits per heavy atom. The predicted molar refractivity (Wildman–Crippen MR) is 279 cm³/mol. The summed E-state index contributed by atoms with van der Waals surface area (Å²) in [5, 5.41) is 31.9. The van der Waals surface area contributed by atoms with Crippen LogP contribution in [0.25, 0.3) is 110 Å². The van der Waals surface area contributed by atoms with Gasteiger partial charge in [-0.15, -0.1) is 0 Å². The number of para-hydroxylation sites is 4. The highest BCUT2D eigenvalue weighted by Crippen LogP contribution is 2.50. The van der Waals surface area contributed by atoms with E-state index in [4.69, 9.17) is 18.9 Å². The van der Waals surface area contributed by atoms with Gasteiger partial charge in [-0.3, -0.25) is 0 Å². The highest BCUT2D eigenvalue weighted by atomic mass is 16.5. The summed E-state index contributed by atoms with van der Waals surface area (Å²) >= 11 is 0. The lowest BCUT2D eigenvalue weighted by Gasteiger charge is -2.27. The van der Waals surface area contributed by atoms with Gasteiger partial charge in [-0.1, -0.05) is 72.8 Å². The van der Waals surface area contributed by atoms with Crippen LogP contribution in [0, 0.1) is 22.7 Å². The normalized spacial score (nSPS) is 11.7. The van der Waals surface area contributed by atoms with Gasteiger partial charge in [-0.05, 0) is 97.1 Å². The van der Waals surface area contributed by atoms with E-state index in [0.29, 0.717) is 45.7 Å². The second-order valence-corrected chi connectivity index (χ2v) is 17.3. The average molecular weight is 909 g/mol. The maximum absolute atomic E-state index is 12.1. The highest BCUT2D eigenvalue weighted by molar-refractivity contribution is 6.16. The van der Waals surface area contributed by atoms with Gasteiger partial charge in [0.1, 0.15) is 35.1 Å². The molecular formula is C60H40N6O4. The van der Waals surface area contributed by atoms with Crippen LogP contribution in [0.2, 0.25) is 0 Å². The number of rotatable bonds is 8. The van der Waals surface area contributed by atoms with Crippen molar-refractivity contribution in [3.05, 3.63) is 181 Å². The van der Waals surface area contributed by atoms with Crippen molar-refractivity contribution in [3.8, 4) is 57.9 Å². The summed E-state index contributed by atoms with van der Waals surface area (Å²) in [7, 11) is 6.69. The summed E-state index contributed by atoms with van der Waals surface area (Å²) in [6, 6.07) is 62.8. The molecule has 4 heterocycles. The van der Waals surface area contributed by atoms with Gasteiger partial charge in [0.05, 0.1) is 106 Å². The summed E-state index contributed by atoms with van der Waals surface area (Å²) in [5.74, 6) is 2.82. The fourth-order valence-electron chi connectivity index (χ4n) is 11.1. The van der Waals surface area contributed by atoms with Gasteiger partial charge in [0.25, 0.3) is 0 Å². The molecule has 4 aromatic heterocycles. The molecule has 0 aliphatic rings. The first-order valence-corrected chi connectivity index (χ1v) is 22.8. The molecule has 0 unspecified atom stereocenters. The Morgan fingerprint density at radius 3 is 0.757 bits per heavy atom. The van der Waals surface area contributed by atoms with Gasteiger partial charge >= 0.3 is 0 Å². The number of fused-ring (bicyclic) bond motifs is 12. The summed E-state index contributed by atoms with van der Waals surface area (Å²) in [6.45, 7) is 0. The number of nitrogens with zero attached hydrogens (tertiary/aromatic N) is 6. The molecule has 334 valence electrons. The lowest BCUT2D eigenvalue weighted by Crippen LogP contribution is -2.17. The minimum atomic E-state index is 0.205. The predicted octanol–water partition coefficient (Wildman–Crippen LogP) is 13.9. The van der Waals surface area contributed by atoms with E-state index >= 15 is 0 Å². The first-order valence-electron chi connectivity index (χ1n) is 22.8. The SMILES string of the molecule is COc1ccc2c(c1)c1ccccc1n2-c1c(C#N)c(C#N)c(-n2c3ccccc3c3cc(OC)ccc32)c(-n2c3ccccc3c3cc(OC)ccc32)c1-n1c2ccccc2c2cc(OC)ccc21. The second-order valence-electron chi connectivity index (χ2n) is 17.3. The summed E-state index contributed by atoms with van der Waals surface area (Å²) in [4.78, 5) is 0. The third kappa shape index (κ3) is 5.53. The van der Waals surface area contributed by atoms with Crippen molar-refractivity contribution >= 4 is 87.2 Å². The van der Waals surface area contributed by atoms with E-state index in [1.54, 1.807) is 28.4 Å². The van der Waals surface area contributed by atoms with Crippen LogP contribution >= 0.6 is 0 Å². The number of nitriles is 2. The Balaban J connectivity index is 1.39. The van der Waals surface area contributed by atoms with Crippen molar-refractivity contribution in [2.24, 2.45) is 0 Å². The number of ether oxygens (including phenoxy) is 4. The number of aromatic nitrogens is 4. The molecule has 0 atom stereocenters. The van der Waals surface area contributed by atoms with Gasteiger partial charge in [-0.25, -0.2) is 0 Å². The van der Waals surface area contributed by atoms with Crippen molar-refractivity contribution in [1.29, 1.82) is 10.5 Å². The van der Waals surface area contributed by atoms with E-state index in [1.165, 1.54) is 0 Å². The van der Waals surface area contributed by atoms with Crippen LogP contribution in [0.5, 0.6) is 23.0 Å². The fraction of sp³-hybridized carbons (Fsp3) is 0.0667. The Labute approximate surface area is 400 Å². The van der Waals surface area contributed by atoms with Crippen LogP contribution in [-0.2, 0) is 0 Å². The van der Waals surface area contributed by atoms with Crippen LogP contribution < -0.4 is 18.9 Å². The zero-order valence-electron chi connectivity index (χ0n) is 38.5. The van der Waals surface area contributed by atoms with Crippen molar-refractivity contribution in [2.75, 3.05) is 28.4 Å². The van der Waals surface area contributed by atoms with Crippen molar-refractivity contribution in [3.63, 3.8) is 0 Å². The minimum Gasteiger partial charge on any atom is -0.497 e. The summed E-state index contributed by atoms with van der Waals surface area (Å²) in [5.41, 5.74) is 9.75. The fourth-order valence-corrected chi connectivity index (χ4v) is 11.1. The molecule has 13 aromatic rings. The molecule has 9 aromatic carbocycles. The van der Waals surface area contributed by atoms with Crippen LogP contribution in [0.4, 0.5) is 0 Å². The van der Waals surface area contributed by atoms with E-state index < -0.39 is 0 Å². The standard InChI is InChI=1S/C60H40N6O4/c1-67-35-21-25-53-43(29-35)39-13-5-9-17-49(39)63(53)57-47(33-61)48(34-62)58(64-50-18-10-6-14-40(50)44-30-36(68-2)22-26-54(44)64)60(66-52-20-12-8-16-42(52)46-32-38(70-4)24-28-56(46)66)59(57)65-51-19-11-7-15-41(51)45-31-37(69-3)23-27-55(45)65/h5-32H,1-4H3. The van der Waals surface area contributed by atoms with Crippen LogP contribution in [0.3, 0.4) is 0 Å². The third-order valence-corrected chi connectivity index (χ3v) is 14.0. The molecule has 0 amide bonds. The van der Waals surface area contributed by atoms with Crippen LogP contribution in [-0.4, -0.2) is 46.7 Å². The number of hydrogen-bond acceptors (Lipinski definition) is 6.